The number of imidazole rings is 1. The lowest BCUT2D eigenvalue weighted by Crippen LogP contribution is -2.30. The number of carbonyl (C=O) groups is 1. The van der Waals surface area contributed by atoms with Gasteiger partial charge in [0.05, 0.1) is 24.2 Å². The van der Waals surface area contributed by atoms with E-state index in [9.17, 15) is 4.79 Å². The van der Waals surface area contributed by atoms with Crippen LogP contribution in [-0.2, 0) is 16.0 Å². The lowest BCUT2D eigenvalue weighted by molar-refractivity contribution is -0.115. The summed E-state index contributed by atoms with van der Waals surface area (Å²) >= 11 is 0. The molecule has 8 heteroatoms. The van der Waals surface area contributed by atoms with Gasteiger partial charge in [0, 0.05) is 25.8 Å². The monoisotopic (exact) mass is 376 g/mol. The minimum Gasteiger partial charge on any atom is -0.383 e. The average Bonchev–Trinajstić information content (AvgIpc) is 2.91. The van der Waals surface area contributed by atoms with E-state index in [4.69, 9.17) is 4.74 Å². The summed E-state index contributed by atoms with van der Waals surface area (Å²) < 4.78 is 4.92. The highest BCUT2D eigenvalue weighted by molar-refractivity contribution is 5.94. The van der Waals surface area contributed by atoms with Gasteiger partial charge in [-0.2, -0.15) is 0 Å². The highest BCUT2D eigenvalue weighted by Crippen LogP contribution is 2.18. The number of aromatic nitrogens is 2. The van der Waals surface area contributed by atoms with Crippen LogP contribution in [-0.4, -0.2) is 42.7 Å². The predicted octanol–water partition coefficient (Wildman–Crippen LogP) is 2.92. The molecule has 6 nitrogen and oxygen atoms in total. The van der Waals surface area contributed by atoms with Gasteiger partial charge in [0.25, 0.3) is 0 Å². The SMILES string of the molecule is CCCCc1nc2ccc(NC(=O)CNCCOC)cc2[nH]1.Cl.Cl. The highest BCUT2D eigenvalue weighted by Gasteiger charge is 2.06. The Morgan fingerprint density at radius 3 is 2.83 bits per heavy atom. The maximum atomic E-state index is 11.8. The fraction of sp³-hybridized carbons (Fsp3) is 0.500. The van der Waals surface area contributed by atoms with E-state index in [1.165, 1.54) is 0 Å². The van der Waals surface area contributed by atoms with Crippen molar-refractivity contribution in [1.29, 1.82) is 0 Å². The molecule has 0 aliphatic heterocycles. The molecular formula is C16H26Cl2N4O2. The molecular weight excluding hydrogens is 351 g/mol. The topological polar surface area (TPSA) is 79.0 Å². The quantitative estimate of drug-likeness (QED) is 0.587. The molecule has 0 aliphatic carbocycles. The Morgan fingerprint density at radius 1 is 1.33 bits per heavy atom. The number of aromatic amines is 1. The minimum absolute atomic E-state index is 0. The highest BCUT2D eigenvalue weighted by atomic mass is 35.5. The molecule has 0 spiro atoms. The molecule has 0 atom stereocenters. The second kappa shape index (κ2) is 12.1. The molecule has 2 rings (SSSR count). The third kappa shape index (κ3) is 7.05. The normalized spacial score (nSPS) is 10.1. The molecule has 0 unspecified atom stereocenters. The van der Waals surface area contributed by atoms with Crippen LogP contribution in [0.3, 0.4) is 0 Å². The molecule has 24 heavy (non-hydrogen) atoms. The van der Waals surface area contributed by atoms with E-state index in [-0.39, 0.29) is 37.3 Å². The summed E-state index contributed by atoms with van der Waals surface area (Å²) in [5, 5.41) is 5.89. The van der Waals surface area contributed by atoms with Crippen LogP contribution in [0.1, 0.15) is 25.6 Å². The van der Waals surface area contributed by atoms with Crippen molar-refractivity contribution < 1.29 is 9.53 Å². The minimum atomic E-state index is -0.0684. The number of nitrogens with one attached hydrogen (secondary N) is 3. The van der Waals surface area contributed by atoms with E-state index >= 15 is 0 Å². The van der Waals surface area contributed by atoms with Crippen molar-refractivity contribution >= 4 is 47.4 Å². The first-order valence-corrected chi connectivity index (χ1v) is 7.71. The molecule has 1 aromatic carbocycles. The van der Waals surface area contributed by atoms with E-state index < -0.39 is 0 Å². The lowest BCUT2D eigenvalue weighted by atomic mass is 10.2. The zero-order chi connectivity index (χ0) is 15.8. The number of nitrogens with zero attached hydrogens (tertiary/aromatic N) is 1. The summed E-state index contributed by atoms with van der Waals surface area (Å²) in [6.07, 6.45) is 3.22. The number of ether oxygens (including phenoxy) is 1. The Morgan fingerprint density at radius 2 is 2.12 bits per heavy atom. The Balaban J connectivity index is 0.00000264. The third-order valence-corrected chi connectivity index (χ3v) is 3.35. The van der Waals surface area contributed by atoms with E-state index in [0.29, 0.717) is 13.2 Å². The van der Waals surface area contributed by atoms with Crippen LogP contribution >= 0.6 is 24.8 Å². The molecule has 3 N–H and O–H groups in total. The Hall–Kier alpha value is -1.34. The molecule has 1 amide bonds. The molecule has 136 valence electrons. The van der Waals surface area contributed by atoms with Crippen molar-refractivity contribution in [2.24, 2.45) is 0 Å². The standard InChI is InChI=1S/C16H24N4O2.2ClH/c1-3-4-5-15-19-13-7-6-12(10-14(13)20-15)18-16(21)11-17-8-9-22-2;;/h6-7,10,17H,3-5,8-9,11H2,1-2H3,(H,18,21)(H,19,20);2*1H. The Bertz CT molecular complexity index is 619. The zero-order valence-electron chi connectivity index (χ0n) is 14.1. The van der Waals surface area contributed by atoms with Crippen molar-refractivity contribution in [2.75, 3.05) is 32.1 Å². The number of anilines is 1. The first-order valence-electron chi connectivity index (χ1n) is 7.71. The van der Waals surface area contributed by atoms with Crippen LogP contribution in [0.4, 0.5) is 5.69 Å². The average molecular weight is 377 g/mol. The molecule has 1 heterocycles. The number of benzene rings is 1. The van der Waals surface area contributed by atoms with Crippen molar-refractivity contribution in [2.45, 2.75) is 26.2 Å². The largest absolute Gasteiger partial charge is 0.383 e. The number of unbranched alkanes of at least 4 members (excludes halogenated alkanes) is 1. The van der Waals surface area contributed by atoms with Gasteiger partial charge in [0.1, 0.15) is 5.82 Å². The number of rotatable bonds is 9. The van der Waals surface area contributed by atoms with Crippen LogP contribution in [0, 0.1) is 0 Å². The lowest BCUT2D eigenvalue weighted by Gasteiger charge is -2.06. The fourth-order valence-electron chi connectivity index (χ4n) is 2.18. The Kier molecular flexibility index (Phi) is 11.4. The van der Waals surface area contributed by atoms with Crippen LogP contribution in [0.5, 0.6) is 0 Å². The second-order valence-corrected chi connectivity index (χ2v) is 5.24. The van der Waals surface area contributed by atoms with Crippen molar-refractivity contribution in [3.05, 3.63) is 24.0 Å². The number of carbonyl (C=O) groups excluding carboxylic acids is 1. The van der Waals surface area contributed by atoms with Crippen LogP contribution in [0.15, 0.2) is 18.2 Å². The smallest absolute Gasteiger partial charge is 0.238 e. The van der Waals surface area contributed by atoms with Gasteiger partial charge < -0.3 is 20.4 Å². The molecule has 0 radical (unpaired) electrons. The van der Waals surface area contributed by atoms with Gasteiger partial charge in [-0.05, 0) is 24.6 Å². The number of aryl methyl sites for hydroxylation is 1. The summed E-state index contributed by atoms with van der Waals surface area (Å²) in [6.45, 7) is 3.68. The van der Waals surface area contributed by atoms with E-state index in [0.717, 1.165) is 41.8 Å². The van der Waals surface area contributed by atoms with Gasteiger partial charge in [-0.3, -0.25) is 4.79 Å². The third-order valence-electron chi connectivity index (χ3n) is 3.35. The van der Waals surface area contributed by atoms with E-state index in [1.54, 1.807) is 7.11 Å². The molecule has 0 fully saturated rings. The number of H-pyrrole nitrogens is 1. The maximum absolute atomic E-state index is 11.8. The van der Waals surface area contributed by atoms with Gasteiger partial charge >= 0.3 is 0 Å². The number of fused-ring (bicyclic) bond motifs is 1. The van der Waals surface area contributed by atoms with Gasteiger partial charge in [0.15, 0.2) is 0 Å². The van der Waals surface area contributed by atoms with Gasteiger partial charge in [-0.15, -0.1) is 24.8 Å². The van der Waals surface area contributed by atoms with Crippen LogP contribution < -0.4 is 10.6 Å². The first kappa shape index (κ1) is 22.7. The maximum Gasteiger partial charge on any atom is 0.238 e. The van der Waals surface area contributed by atoms with Gasteiger partial charge in [-0.1, -0.05) is 13.3 Å². The number of methoxy groups -OCH3 is 1. The van der Waals surface area contributed by atoms with Crippen LogP contribution in [0.25, 0.3) is 11.0 Å². The first-order chi connectivity index (χ1) is 10.7. The van der Waals surface area contributed by atoms with Gasteiger partial charge in [0.2, 0.25) is 5.91 Å². The molecule has 0 saturated carbocycles. The van der Waals surface area contributed by atoms with Crippen molar-refractivity contribution in [1.82, 2.24) is 15.3 Å². The molecule has 0 bridgehead atoms. The number of hydrogen-bond acceptors (Lipinski definition) is 4. The molecule has 2 aromatic rings. The van der Waals surface area contributed by atoms with Gasteiger partial charge in [-0.25, -0.2) is 4.98 Å². The number of hydrogen-bond donors (Lipinski definition) is 3. The second-order valence-electron chi connectivity index (χ2n) is 5.24. The van der Waals surface area contributed by atoms with Crippen molar-refractivity contribution in [3.63, 3.8) is 0 Å². The number of halogens is 2. The van der Waals surface area contributed by atoms with Crippen molar-refractivity contribution in [3.8, 4) is 0 Å². The summed E-state index contributed by atoms with van der Waals surface area (Å²) in [5.74, 6) is 0.933. The molecule has 0 aliphatic rings. The Labute approximate surface area is 155 Å². The van der Waals surface area contributed by atoms with Crippen LogP contribution in [0.2, 0.25) is 0 Å². The van der Waals surface area contributed by atoms with E-state index in [2.05, 4.69) is 27.5 Å². The fourth-order valence-corrected chi connectivity index (χ4v) is 2.18. The summed E-state index contributed by atoms with van der Waals surface area (Å²) in [7, 11) is 1.64. The summed E-state index contributed by atoms with van der Waals surface area (Å²) in [4.78, 5) is 19.7. The predicted molar refractivity (Wildman–Crippen MR) is 103 cm³/mol. The summed E-state index contributed by atoms with van der Waals surface area (Å²) in [6, 6.07) is 5.72. The zero-order valence-corrected chi connectivity index (χ0v) is 15.7. The molecule has 1 aromatic heterocycles. The number of amides is 1. The molecule has 0 saturated heterocycles. The summed E-state index contributed by atoms with van der Waals surface area (Å²) in [5.41, 5.74) is 2.66. The van der Waals surface area contributed by atoms with E-state index in [1.807, 2.05) is 18.2 Å².